The number of hydrogen-bond acceptors (Lipinski definition) is 4. The van der Waals surface area contributed by atoms with Gasteiger partial charge in [0.05, 0.1) is 11.4 Å². The number of anilines is 1. The Hall–Kier alpha value is -2.42. The average Bonchev–Trinajstić information content (AvgIpc) is 2.81. The zero-order valence-electron chi connectivity index (χ0n) is 18.5. The predicted molar refractivity (Wildman–Crippen MR) is 128 cm³/mol. The lowest BCUT2D eigenvalue weighted by molar-refractivity contribution is -0.133. The van der Waals surface area contributed by atoms with Gasteiger partial charge in [0, 0.05) is 23.3 Å². The van der Waals surface area contributed by atoms with Gasteiger partial charge in [0.1, 0.15) is 5.54 Å². The second kappa shape index (κ2) is 9.44. The molecule has 4 rings (SSSR count). The minimum Gasteiger partial charge on any atom is -0.351 e. The quantitative estimate of drug-likeness (QED) is 0.695. The highest BCUT2D eigenvalue weighted by molar-refractivity contribution is 7.89. The second-order valence-electron chi connectivity index (χ2n) is 8.87. The zero-order valence-corrected chi connectivity index (χ0v) is 20.1. The lowest BCUT2D eigenvalue weighted by atomic mass is 9.91. The molecular formula is C24H28ClN3O4S. The lowest BCUT2D eigenvalue weighted by Crippen LogP contribution is -2.70. The Morgan fingerprint density at radius 3 is 2.30 bits per heavy atom. The minimum absolute atomic E-state index is 0.0198. The molecule has 0 aromatic heterocycles. The Morgan fingerprint density at radius 1 is 1.03 bits per heavy atom. The van der Waals surface area contributed by atoms with Gasteiger partial charge < -0.3 is 5.32 Å². The molecule has 0 radical (unpaired) electrons. The van der Waals surface area contributed by atoms with Gasteiger partial charge in [-0.15, -0.1) is 0 Å². The molecule has 1 aliphatic heterocycles. The summed E-state index contributed by atoms with van der Waals surface area (Å²) < 4.78 is 27.8. The van der Waals surface area contributed by atoms with E-state index in [1.807, 2.05) is 0 Å². The summed E-state index contributed by atoms with van der Waals surface area (Å²) in [6.07, 6.45) is 4.97. The van der Waals surface area contributed by atoms with Crippen molar-refractivity contribution >= 4 is 39.1 Å². The second-order valence-corrected chi connectivity index (χ2v) is 11.2. The van der Waals surface area contributed by atoms with Gasteiger partial charge in [-0.1, -0.05) is 49.1 Å². The number of rotatable bonds is 5. The maximum Gasteiger partial charge on any atom is 0.247 e. The van der Waals surface area contributed by atoms with Crippen molar-refractivity contribution in [2.75, 3.05) is 18.0 Å². The summed E-state index contributed by atoms with van der Waals surface area (Å²) >= 11 is 6.03. The highest BCUT2D eigenvalue weighted by atomic mass is 35.5. The Kier molecular flexibility index (Phi) is 6.79. The fraction of sp³-hybridized carbons (Fsp3) is 0.417. The molecule has 1 atom stereocenters. The molecule has 2 aliphatic rings. The monoisotopic (exact) mass is 489 g/mol. The summed E-state index contributed by atoms with van der Waals surface area (Å²) in [6.45, 7) is 1.12. The van der Waals surface area contributed by atoms with Crippen LogP contribution in [0.15, 0.2) is 59.5 Å². The topological polar surface area (TPSA) is 86.8 Å². The van der Waals surface area contributed by atoms with Gasteiger partial charge in [-0.25, -0.2) is 8.42 Å². The first-order valence-corrected chi connectivity index (χ1v) is 13.0. The number of amides is 2. The summed E-state index contributed by atoms with van der Waals surface area (Å²) in [7, 11) is -3.96. The van der Waals surface area contributed by atoms with Crippen molar-refractivity contribution < 1.29 is 18.0 Å². The van der Waals surface area contributed by atoms with Crippen molar-refractivity contribution in [3.05, 3.63) is 59.6 Å². The molecule has 1 N–H and O–H groups in total. The van der Waals surface area contributed by atoms with Crippen LogP contribution in [0, 0.1) is 0 Å². The summed E-state index contributed by atoms with van der Waals surface area (Å²) in [5.41, 5.74) is -0.926. The van der Waals surface area contributed by atoms with Crippen molar-refractivity contribution in [3.8, 4) is 0 Å². The SMILES string of the molecule is C[C@@]1(C(=O)NC2CCCCC2)CN(S(=O)(=O)c2ccccc2)CC(=O)N1c1ccc(Cl)cc1. The molecule has 0 spiro atoms. The third-order valence-electron chi connectivity index (χ3n) is 6.43. The maximum atomic E-state index is 13.6. The van der Waals surface area contributed by atoms with Crippen LogP contribution in [0.5, 0.6) is 0 Å². The third kappa shape index (κ3) is 4.78. The number of benzene rings is 2. The average molecular weight is 490 g/mol. The van der Waals surface area contributed by atoms with Crippen molar-refractivity contribution in [2.24, 2.45) is 0 Å². The smallest absolute Gasteiger partial charge is 0.247 e. The largest absolute Gasteiger partial charge is 0.351 e. The van der Waals surface area contributed by atoms with Gasteiger partial charge in [-0.2, -0.15) is 4.31 Å². The van der Waals surface area contributed by atoms with E-state index in [-0.39, 0.29) is 29.9 Å². The Balaban J connectivity index is 1.71. The minimum atomic E-state index is -3.96. The highest BCUT2D eigenvalue weighted by Crippen LogP contribution is 2.33. The summed E-state index contributed by atoms with van der Waals surface area (Å²) in [5, 5.41) is 3.60. The van der Waals surface area contributed by atoms with E-state index in [9.17, 15) is 18.0 Å². The fourth-order valence-electron chi connectivity index (χ4n) is 4.66. The van der Waals surface area contributed by atoms with Gasteiger partial charge in [-0.05, 0) is 56.2 Å². The van der Waals surface area contributed by atoms with Crippen LogP contribution in [-0.2, 0) is 19.6 Å². The number of nitrogens with zero attached hydrogens (tertiary/aromatic N) is 2. The fourth-order valence-corrected chi connectivity index (χ4v) is 6.29. The van der Waals surface area contributed by atoms with Gasteiger partial charge in [0.25, 0.3) is 0 Å². The van der Waals surface area contributed by atoms with Crippen molar-refractivity contribution in [2.45, 2.75) is 55.5 Å². The molecule has 1 saturated heterocycles. The number of carbonyl (C=O) groups is 2. The van der Waals surface area contributed by atoms with Crippen LogP contribution in [0.2, 0.25) is 5.02 Å². The van der Waals surface area contributed by atoms with Crippen LogP contribution < -0.4 is 10.2 Å². The van der Waals surface area contributed by atoms with E-state index >= 15 is 0 Å². The van der Waals surface area contributed by atoms with E-state index in [1.54, 1.807) is 49.4 Å². The molecule has 2 amide bonds. The van der Waals surface area contributed by atoms with Crippen LogP contribution >= 0.6 is 11.6 Å². The van der Waals surface area contributed by atoms with Crippen LogP contribution in [0.3, 0.4) is 0 Å². The van der Waals surface area contributed by atoms with E-state index in [0.29, 0.717) is 10.7 Å². The van der Waals surface area contributed by atoms with E-state index in [1.165, 1.54) is 17.0 Å². The number of hydrogen-bond donors (Lipinski definition) is 1. The molecule has 0 bridgehead atoms. The molecule has 1 aliphatic carbocycles. The summed E-state index contributed by atoms with van der Waals surface area (Å²) in [4.78, 5) is 28.5. The van der Waals surface area contributed by atoms with Gasteiger partial charge >= 0.3 is 0 Å². The van der Waals surface area contributed by atoms with E-state index in [0.717, 1.165) is 36.4 Å². The molecule has 2 aromatic carbocycles. The van der Waals surface area contributed by atoms with Gasteiger partial charge in [-0.3, -0.25) is 14.5 Å². The zero-order chi connectivity index (χ0) is 23.6. The van der Waals surface area contributed by atoms with E-state index in [2.05, 4.69) is 5.32 Å². The molecule has 176 valence electrons. The van der Waals surface area contributed by atoms with Crippen LogP contribution in [-0.4, -0.2) is 49.2 Å². The first-order chi connectivity index (χ1) is 15.7. The molecule has 9 heteroatoms. The van der Waals surface area contributed by atoms with Crippen LogP contribution in [0.1, 0.15) is 39.0 Å². The highest BCUT2D eigenvalue weighted by Gasteiger charge is 2.51. The molecular weight excluding hydrogens is 462 g/mol. The molecule has 0 unspecified atom stereocenters. The van der Waals surface area contributed by atoms with E-state index in [4.69, 9.17) is 11.6 Å². The Labute approximate surface area is 199 Å². The lowest BCUT2D eigenvalue weighted by Gasteiger charge is -2.47. The molecule has 1 heterocycles. The molecule has 33 heavy (non-hydrogen) atoms. The van der Waals surface area contributed by atoms with Crippen LogP contribution in [0.25, 0.3) is 0 Å². The number of nitrogens with one attached hydrogen (secondary N) is 1. The van der Waals surface area contributed by atoms with E-state index < -0.39 is 21.5 Å². The third-order valence-corrected chi connectivity index (χ3v) is 8.49. The number of sulfonamides is 1. The Morgan fingerprint density at radius 2 is 1.67 bits per heavy atom. The maximum absolute atomic E-state index is 13.6. The number of halogens is 1. The standard InChI is InChI=1S/C24H28ClN3O4S/c1-24(23(30)26-19-8-4-2-5-9-19)17-27(33(31,32)21-10-6-3-7-11-21)16-22(29)28(24)20-14-12-18(25)13-15-20/h3,6-7,10-15,19H,2,4-5,8-9,16-17H2,1H3,(H,26,30)/t24-/m0/s1. The summed E-state index contributed by atoms with van der Waals surface area (Å²) in [5.74, 6) is -0.824. The van der Waals surface area contributed by atoms with Crippen LogP contribution in [0.4, 0.5) is 5.69 Å². The Bertz CT molecular complexity index is 1120. The first kappa shape index (κ1) is 23.7. The van der Waals surface area contributed by atoms with Gasteiger partial charge in [0.15, 0.2) is 0 Å². The molecule has 7 nitrogen and oxygen atoms in total. The van der Waals surface area contributed by atoms with Crippen molar-refractivity contribution in [3.63, 3.8) is 0 Å². The van der Waals surface area contributed by atoms with Crippen molar-refractivity contribution in [1.82, 2.24) is 9.62 Å². The molecule has 1 saturated carbocycles. The van der Waals surface area contributed by atoms with Gasteiger partial charge in [0.2, 0.25) is 21.8 Å². The predicted octanol–water partition coefficient (Wildman–Crippen LogP) is 3.59. The summed E-state index contributed by atoms with van der Waals surface area (Å²) in [6, 6.07) is 14.6. The number of carbonyl (C=O) groups excluding carboxylic acids is 2. The number of piperazine rings is 1. The molecule has 2 fully saturated rings. The first-order valence-electron chi connectivity index (χ1n) is 11.2. The molecule has 2 aromatic rings. The van der Waals surface area contributed by atoms with Crippen molar-refractivity contribution in [1.29, 1.82) is 0 Å². The normalized spacial score (nSPS) is 22.8.